The van der Waals surface area contributed by atoms with E-state index in [2.05, 4.69) is 99.0 Å². The first-order valence-corrected chi connectivity index (χ1v) is 24.2. The molecule has 0 radical (unpaired) electrons. The Morgan fingerprint density at radius 3 is 1.96 bits per heavy atom. The van der Waals surface area contributed by atoms with Crippen molar-refractivity contribution in [3.05, 3.63) is 23.3 Å². The largest absolute Gasteiger partial charge is 0.417 e. The average Bonchev–Trinajstić information content (AvgIpc) is 3.25. The van der Waals surface area contributed by atoms with Crippen molar-refractivity contribution in [3.8, 4) is 0 Å². The van der Waals surface area contributed by atoms with Gasteiger partial charge >= 0.3 is 6.18 Å². The molecule has 3 rings (SSSR count). The Balaban J connectivity index is 1.77. The molecule has 0 aliphatic heterocycles. The van der Waals surface area contributed by atoms with E-state index in [4.69, 9.17) is 8.85 Å². The second-order valence-corrected chi connectivity index (χ2v) is 28.5. The Labute approximate surface area is 292 Å². The summed E-state index contributed by atoms with van der Waals surface area (Å²) < 4.78 is 53.3. The van der Waals surface area contributed by atoms with E-state index in [0.29, 0.717) is 25.3 Å². The lowest BCUT2D eigenvalue weighted by molar-refractivity contribution is -0.253. The first kappa shape index (κ1) is 41.5. The second kappa shape index (κ2) is 14.6. The number of nitrogens with one attached hydrogen (secondary N) is 1. The second-order valence-electron chi connectivity index (χ2n) is 19.0. The van der Waals surface area contributed by atoms with Crippen molar-refractivity contribution < 1.29 is 31.9 Å². The highest BCUT2D eigenvalue weighted by atomic mass is 28.4. The quantitative estimate of drug-likeness (QED) is 0.221. The number of halogens is 3. The zero-order valence-electron chi connectivity index (χ0n) is 32.4. The molecule has 3 aliphatic rings. The van der Waals surface area contributed by atoms with Crippen molar-refractivity contribution in [2.45, 2.75) is 180 Å². The Hall–Kier alpha value is -0.946. The molecule has 5 nitrogen and oxygen atoms in total. The molecular weight excluding hydrogens is 648 g/mol. The number of alkyl halides is 3. The number of hydrogen-bond donors (Lipinski definition) is 2. The third kappa shape index (κ3) is 9.68. The molecular formula is C38H68F3NO4Si2. The van der Waals surface area contributed by atoms with E-state index in [1.165, 1.54) is 11.1 Å². The molecule has 3 saturated carbocycles. The van der Waals surface area contributed by atoms with E-state index < -0.39 is 40.7 Å². The summed E-state index contributed by atoms with van der Waals surface area (Å²) in [5.74, 6) is 0.178. The van der Waals surface area contributed by atoms with Crippen LogP contribution >= 0.6 is 0 Å². The molecule has 0 aromatic rings. The molecule has 48 heavy (non-hydrogen) atoms. The molecule has 0 aromatic heterocycles. The standard InChI is InChI=1S/C38H68F3NO4Si2/c1-26(25-42-33(43)24-37(9,44)38(39,40)41)31-18-19-32-28(15-14-20-36(31,32)8)17-16-27-21-29(45-47(10,11)34(2,3)4)23-30(22-27)46-48(12,13)35(5,6)7/h16-17,26,29-32,44H,14-15,18-25H2,1-13H3,(H,42,43)/t26-,29-,30-,31-,32?,36-,37+/m1/s1. The molecule has 0 heterocycles. The summed E-state index contributed by atoms with van der Waals surface area (Å²) in [5.41, 5.74) is -0.0352. The van der Waals surface area contributed by atoms with Crippen LogP contribution in [0.25, 0.3) is 0 Å². The van der Waals surface area contributed by atoms with Gasteiger partial charge in [-0.25, -0.2) is 0 Å². The molecule has 1 amide bonds. The lowest BCUT2D eigenvalue weighted by Crippen LogP contribution is -2.48. The number of rotatable bonds is 10. The van der Waals surface area contributed by atoms with Crippen LogP contribution in [0.5, 0.6) is 0 Å². The van der Waals surface area contributed by atoms with Crippen LogP contribution in [0, 0.1) is 23.2 Å². The van der Waals surface area contributed by atoms with Gasteiger partial charge in [0.2, 0.25) is 5.91 Å². The first-order valence-electron chi connectivity index (χ1n) is 18.4. The van der Waals surface area contributed by atoms with Gasteiger partial charge in [0.25, 0.3) is 0 Å². The molecule has 2 N–H and O–H groups in total. The van der Waals surface area contributed by atoms with E-state index >= 15 is 0 Å². The number of aliphatic hydroxyl groups is 1. The minimum absolute atomic E-state index is 0.0821. The minimum Gasteiger partial charge on any atom is -0.414 e. The topological polar surface area (TPSA) is 67.8 Å². The number of carbonyl (C=O) groups excluding carboxylic acids is 1. The van der Waals surface area contributed by atoms with Gasteiger partial charge in [0.05, 0.1) is 18.6 Å². The van der Waals surface area contributed by atoms with Gasteiger partial charge in [-0.3, -0.25) is 4.79 Å². The maximum absolute atomic E-state index is 13.1. The van der Waals surface area contributed by atoms with Crippen molar-refractivity contribution >= 4 is 22.5 Å². The van der Waals surface area contributed by atoms with Crippen LogP contribution in [0.1, 0.15) is 120 Å². The summed E-state index contributed by atoms with van der Waals surface area (Å²) in [6, 6.07) is 0. The van der Waals surface area contributed by atoms with Gasteiger partial charge in [-0.05, 0) is 118 Å². The number of hydrogen-bond acceptors (Lipinski definition) is 4. The van der Waals surface area contributed by atoms with Crippen LogP contribution < -0.4 is 5.32 Å². The normalized spacial score (nSPS) is 30.5. The van der Waals surface area contributed by atoms with E-state index in [0.717, 1.165) is 51.4 Å². The van der Waals surface area contributed by atoms with Gasteiger partial charge in [-0.15, -0.1) is 0 Å². The summed E-state index contributed by atoms with van der Waals surface area (Å²) in [4.78, 5) is 12.4. The van der Waals surface area contributed by atoms with E-state index in [1.807, 2.05) is 0 Å². The summed E-state index contributed by atoms with van der Waals surface area (Å²) >= 11 is 0. The summed E-state index contributed by atoms with van der Waals surface area (Å²) in [6.45, 7) is 28.6. The van der Waals surface area contributed by atoms with Crippen LogP contribution in [0.2, 0.25) is 36.3 Å². The smallest absolute Gasteiger partial charge is 0.414 e. The lowest BCUT2D eigenvalue weighted by atomic mass is 9.61. The van der Waals surface area contributed by atoms with Gasteiger partial charge in [0.15, 0.2) is 22.2 Å². The van der Waals surface area contributed by atoms with Crippen LogP contribution in [-0.4, -0.2) is 58.2 Å². The Morgan fingerprint density at radius 1 is 0.958 bits per heavy atom. The summed E-state index contributed by atoms with van der Waals surface area (Å²) in [6.07, 6.45) is 7.52. The summed E-state index contributed by atoms with van der Waals surface area (Å²) in [5, 5.41) is 12.7. The van der Waals surface area contributed by atoms with Crippen LogP contribution in [0.15, 0.2) is 23.3 Å². The van der Waals surface area contributed by atoms with E-state index in [1.54, 1.807) is 0 Å². The molecule has 10 heteroatoms. The molecule has 3 fully saturated rings. The number of amides is 1. The number of allylic oxidation sites excluding steroid dienone is 3. The van der Waals surface area contributed by atoms with Gasteiger partial charge in [-0.2, -0.15) is 13.2 Å². The molecule has 0 aromatic carbocycles. The Kier molecular flexibility index (Phi) is 12.6. The predicted molar refractivity (Wildman–Crippen MR) is 196 cm³/mol. The van der Waals surface area contributed by atoms with E-state index in [9.17, 15) is 23.1 Å². The lowest BCUT2D eigenvalue weighted by Gasteiger charge is -2.45. The molecule has 1 unspecified atom stereocenters. The molecule has 0 saturated heterocycles. The van der Waals surface area contributed by atoms with Crippen molar-refractivity contribution in [1.29, 1.82) is 0 Å². The Bertz CT molecular complexity index is 1160. The highest BCUT2D eigenvalue weighted by Gasteiger charge is 2.52. The zero-order chi connectivity index (χ0) is 36.7. The Morgan fingerprint density at radius 2 is 1.48 bits per heavy atom. The molecule has 3 aliphatic carbocycles. The fraction of sp³-hybridized carbons (Fsp3) is 0.868. The maximum atomic E-state index is 13.1. The number of fused-ring (bicyclic) bond motifs is 1. The maximum Gasteiger partial charge on any atom is 0.417 e. The SMILES string of the molecule is C[C@H](CNC(=O)C[C@](C)(O)C(F)(F)F)[C@H]1CCC2C(=CC=C3C[C@@H](O[Si](C)(C)C(C)(C)C)C[C@H](O[Si](C)(C)C(C)(C)C)C3)CCC[C@@]21C. The van der Waals surface area contributed by atoms with Crippen LogP contribution in [0.3, 0.4) is 0 Å². The average molecular weight is 716 g/mol. The van der Waals surface area contributed by atoms with Crippen molar-refractivity contribution in [1.82, 2.24) is 5.32 Å². The third-order valence-electron chi connectivity index (χ3n) is 13.0. The molecule has 0 spiro atoms. The fourth-order valence-corrected chi connectivity index (χ4v) is 10.7. The first-order chi connectivity index (χ1) is 21.6. The van der Waals surface area contributed by atoms with Crippen molar-refractivity contribution in [2.75, 3.05) is 6.54 Å². The van der Waals surface area contributed by atoms with Crippen LogP contribution in [0.4, 0.5) is 13.2 Å². The van der Waals surface area contributed by atoms with Gasteiger partial charge < -0.3 is 19.3 Å². The fourth-order valence-electron chi connectivity index (χ4n) is 7.96. The molecule has 7 atom stereocenters. The van der Waals surface area contributed by atoms with E-state index in [-0.39, 0.29) is 33.6 Å². The summed E-state index contributed by atoms with van der Waals surface area (Å²) in [7, 11) is -3.92. The monoisotopic (exact) mass is 715 g/mol. The van der Waals surface area contributed by atoms with Crippen molar-refractivity contribution in [3.63, 3.8) is 0 Å². The third-order valence-corrected chi connectivity index (χ3v) is 22.1. The van der Waals surface area contributed by atoms with Gasteiger partial charge in [-0.1, -0.05) is 78.7 Å². The predicted octanol–water partition coefficient (Wildman–Crippen LogP) is 10.5. The number of carbonyl (C=O) groups is 1. The van der Waals surface area contributed by atoms with Gasteiger partial charge in [0.1, 0.15) is 0 Å². The molecule has 278 valence electrons. The highest BCUT2D eigenvalue weighted by molar-refractivity contribution is 6.74. The zero-order valence-corrected chi connectivity index (χ0v) is 34.4. The highest BCUT2D eigenvalue weighted by Crippen LogP contribution is 2.59. The van der Waals surface area contributed by atoms with Crippen LogP contribution in [-0.2, 0) is 13.6 Å². The van der Waals surface area contributed by atoms with Crippen molar-refractivity contribution in [2.24, 2.45) is 23.2 Å². The molecule has 0 bridgehead atoms. The minimum atomic E-state index is -4.85. The van der Waals surface area contributed by atoms with Gasteiger partial charge in [0, 0.05) is 6.54 Å².